The Kier molecular flexibility index (Phi) is 8.03. The molecule has 0 aliphatic carbocycles. The molecule has 5 rings (SSSR count). The Bertz CT molecular complexity index is 1630. The zero-order valence-corrected chi connectivity index (χ0v) is 24.0. The van der Waals surface area contributed by atoms with Crippen LogP contribution in [0.3, 0.4) is 0 Å². The minimum atomic E-state index is -0.466. The van der Waals surface area contributed by atoms with Crippen molar-refractivity contribution in [1.82, 2.24) is 14.9 Å². The summed E-state index contributed by atoms with van der Waals surface area (Å²) < 4.78 is 21.0. The van der Waals surface area contributed by atoms with Crippen LogP contribution in [0.1, 0.15) is 35.3 Å². The van der Waals surface area contributed by atoms with Crippen molar-refractivity contribution in [3.05, 3.63) is 83.8 Å². The zero-order chi connectivity index (χ0) is 29.3. The van der Waals surface area contributed by atoms with E-state index in [1.807, 2.05) is 37.3 Å². The third-order valence-electron chi connectivity index (χ3n) is 7.54. The number of pyridine rings is 1. The summed E-state index contributed by atoms with van der Waals surface area (Å²) in [5.41, 5.74) is 6.23. The number of rotatable bonds is 8. The summed E-state index contributed by atoms with van der Waals surface area (Å²) in [4.78, 5) is 37.2. The molecule has 7 nitrogen and oxygen atoms in total. The van der Waals surface area contributed by atoms with Crippen LogP contribution >= 0.6 is 0 Å². The molecule has 0 atom stereocenters. The lowest BCUT2D eigenvalue weighted by Gasteiger charge is -2.34. The number of hydrogen-bond donors (Lipinski definition) is 1. The second-order valence-electron chi connectivity index (χ2n) is 10.9. The van der Waals surface area contributed by atoms with Crippen LogP contribution in [0.5, 0.6) is 0 Å². The molecule has 212 valence electrons. The molecule has 4 aromatic rings. The van der Waals surface area contributed by atoms with E-state index in [-0.39, 0.29) is 24.1 Å². The molecule has 41 heavy (non-hydrogen) atoms. The third kappa shape index (κ3) is 5.93. The average molecular weight is 555 g/mol. The van der Waals surface area contributed by atoms with Crippen LogP contribution in [0.15, 0.2) is 61.3 Å². The molecule has 1 aliphatic heterocycles. The molecule has 0 amide bonds. The number of allylic oxidation sites excluding steroid dienone is 1. The summed E-state index contributed by atoms with van der Waals surface area (Å²) in [5, 5.41) is 0.701. The number of likely N-dealkylation sites (N-methyl/N-ethyl adjacent to an activating group) is 1. The zero-order valence-electron chi connectivity index (χ0n) is 24.0. The van der Waals surface area contributed by atoms with E-state index in [0.29, 0.717) is 33.5 Å². The number of carbonyl (C=O) groups is 2. The molecule has 0 saturated carbocycles. The number of ketones is 1. The molecule has 1 N–H and O–H groups in total. The second kappa shape index (κ2) is 11.7. The van der Waals surface area contributed by atoms with Crippen LogP contribution < -0.4 is 4.90 Å². The lowest BCUT2D eigenvalue weighted by atomic mass is 9.93. The first kappa shape index (κ1) is 28.2. The van der Waals surface area contributed by atoms with Crippen molar-refractivity contribution >= 4 is 28.5 Å². The Balaban J connectivity index is 1.66. The normalized spacial score (nSPS) is 14.0. The van der Waals surface area contributed by atoms with Gasteiger partial charge in [-0.05, 0) is 68.8 Å². The molecule has 2 aromatic heterocycles. The number of nitrogens with zero attached hydrogens (tertiary/aromatic N) is 3. The largest absolute Gasteiger partial charge is 0.459 e. The number of hydrogen-bond acceptors (Lipinski definition) is 6. The minimum absolute atomic E-state index is 0.0775. The molecule has 1 fully saturated rings. The number of anilines is 1. The minimum Gasteiger partial charge on any atom is -0.459 e. The summed E-state index contributed by atoms with van der Waals surface area (Å²) in [6.45, 7) is 12.4. The van der Waals surface area contributed by atoms with Gasteiger partial charge in [0.05, 0.1) is 23.0 Å². The van der Waals surface area contributed by atoms with E-state index in [0.717, 1.165) is 48.4 Å². The van der Waals surface area contributed by atoms with Crippen molar-refractivity contribution in [1.29, 1.82) is 0 Å². The van der Waals surface area contributed by atoms with Crippen LogP contribution in [0.25, 0.3) is 33.4 Å². The van der Waals surface area contributed by atoms with Crippen molar-refractivity contribution in [3.63, 3.8) is 0 Å². The third-order valence-corrected chi connectivity index (χ3v) is 7.54. The maximum absolute atomic E-state index is 15.6. The highest BCUT2D eigenvalue weighted by molar-refractivity contribution is 6.05. The Labute approximate surface area is 239 Å². The summed E-state index contributed by atoms with van der Waals surface area (Å²) in [7, 11) is 2.07. The molecule has 0 radical (unpaired) electrons. The summed E-state index contributed by atoms with van der Waals surface area (Å²) in [6.07, 6.45) is 2.75. The molecule has 0 bridgehead atoms. The van der Waals surface area contributed by atoms with Crippen molar-refractivity contribution in [2.45, 2.75) is 33.3 Å². The maximum Gasteiger partial charge on any atom is 0.339 e. The number of ether oxygens (including phenoxy) is 1. The van der Waals surface area contributed by atoms with Gasteiger partial charge in [0.2, 0.25) is 0 Å². The van der Waals surface area contributed by atoms with Crippen LogP contribution in [0, 0.1) is 12.7 Å². The first-order valence-corrected chi connectivity index (χ1v) is 13.9. The fraction of sp³-hybridized carbons (Fsp3) is 0.303. The van der Waals surface area contributed by atoms with Crippen LogP contribution in [0.4, 0.5) is 10.1 Å². The first-order valence-electron chi connectivity index (χ1n) is 13.9. The van der Waals surface area contributed by atoms with Gasteiger partial charge >= 0.3 is 5.97 Å². The Morgan fingerprint density at radius 2 is 1.83 bits per heavy atom. The maximum atomic E-state index is 15.6. The number of carbonyl (C=O) groups excluding carboxylic acids is 2. The summed E-state index contributed by atoms with van der Waals surface area (Å²) >= 11 is 0. The number of aromatic amines is 1. The number of aromatic nitrogens is 2. The number of fused-ring (bicyclic) bond motifs is 1. The molecule has 0 spiro atoms. The molecule has 0 unspecified atom stereocenters. The summed E-state index contributed by atoms with van der Waals surface area (Å²) in [5.74, 6) is -0.842. The first-order chi connectivity index (χ1) is 19.6. The standard InChI is InChI=1S/C33H35FN4O3/c1-6-26(39)16-24-15-22(8-7-21(24)4)30-27-17-25(33(40)41-20(2)3)19-35-32(27)36-31(30)23-9-10-29(28(34)18-23)38-13-11-37(5)12-14-38/h6-10,15,17-20H,1,11-14,16H2,2-5H3,(H,35,36). The van der Waals surface area contributed by atoms with Gasteiger partial charge in [-0.3, -0.25) is 4.79 Å². The molecule has 3 heterocycles. The van der Waals surface area contributed by atoms with E-state index >= 15 is 4.39 Å². The van der Waals surface area contributed by atoms with Gasteiger partial charge in [-0.15, -0.1) is 0 Å². The van der Waals surface area contributed by atoms with E-state index in [4.69, 9.17) is 4.74 Å². The van der Waals surface area contributed by atoms with Crippen LogP contribution in [-0.2, 0) is 16.0 Å². The molecular formula is C33H35FN4O3. The van der Waals surface area contributed by atoms with Crippen molar-refractivity contribution in [2.24, 2.45) is 0 Å². The molecule has 8 heteroatoms. The van der Waals surface area contributed by atoms with Crippen LogP contribution in [-0.4, -0.2) is 66.0 Å². The highest BCUT2D eigenvalue weighted by Gasteiger charge is 2.22. The van der Waals surface area contributed by atoms with E-state index in [1.165, 1.54) is 12.3 Å². The van der Waals surface area contributed by atoms with E-state index in [2.05, 4.69) is 33.4 Å². The quantitative estimate of drug-likeness (QED) is 0.214. The Morgan fingerprint density at radius 1 is 1.10 bits per heavy atom. The van der Waals surface area contributed by atoms with Gasteiger partial charge in [0.25, 0.3) is 0 Å². The van der Waals surface area contributed by atoms with Gasteiger partial charge in [-0.25, -0.2) is 14.2 Å². The van der Waals surface area contributed by atoms with E-state index < -0.39 is 5.97 Å². The van der Waals surface area contributed by atoms with E-state index in [1.54, 1.807) is 26.0 Å². The molecule has 1 saturated heterocycles. The van der Waals surface area contributed by atoms with Gasteiger partial charge in [-0.2, -0.15) is 0 Å². The van der Waals surface area contributed by atoms with Crippen molar-refractivity contribution < 1.29 is 18.7 Å². The number of H-pyrrole nitrogens is 1. The average Bonchev–Trinajstić information content (AvgIpc) is 3.33. The fourth-order valence-corrected chi connectivity index (χ4v) is 5.22. The number of esters is 1. The van der Waals surface area contributed by atoms with Gasteiger partial charge < -0.3 is 19.5 Å². The second-order valence-corrected chi connectivity index (χ2v) is 10.9. The number of benzene rings is 2. The predicted molar refractivity (Wildman–Crippen MR) is 161 cm³/mol. The predicted octanol–water partition coefficient (Wildman–Crippen LogP) is 5.96. The van der Waals surface area contributed by atoms with Gasteiger partial charge in [0, 0.05) is 55.3 Å². The van der Waals surface area contributed by atoms with E-state index in [9.17, 15) is 9.59 Å². The van der Waals surface area contributed by atoms with Crippen molar-refractivity contribution in [3.8, 4) is 22.4 Å². The highest BCUT2D eigenvalue weighted by atomic mass is 19.1. The van der Waals surface area contributed by atoms with Gasteiger partial charge in [-0.1, -0.05) is 30.8 Å². The van der Waals surface area contributed by atoms with Gasteiger partial charge in [0.1, 0.15) is 11.5 Å². The molecular weight excluding hydrogens is 519 g/mol. The smallest absolute Gasteiger partial charge is 0.339 e. The fourth-order valence-electron chi connectivity index (χ4n) is 5.22. The Hall–Kier alpha value is -4.30. The van der Waals surface area contributed by atoms with Gasteiger partial charge in [0.15, 0.2) is 5.78 Å². The van der Waals surface area contributed by atoms with Crippen molar-refractivity contribution in [2.75, 3.05) is 38.1 Å². The Morgan fingerprint density at radius 3 is 2.51 bits per heavy atom. The highest BCUT2D eigenvalue weighted by Crippen LogP contribution is 2.40. The number of piperazine rings is 1. The number of nitrogens with one attached hydrogen (secondary N) is 1. The molecule has 2 aromatic carbocycles. The lowest BCUT2D eigenvalue weighted by molar-refractivity contribution is -0.114. The lowest BCUT2D eigenvalue weighted by Crippen LogP contribution is -2.44. The SMILES string of the molecule is C=CC(=O)Cc1cc(-c2c(-c3ccc(N4CCN(C)CC4)c(F)c3)[nH]c3ncc(C(=O)OC(C)C)cc23)ccc1C. The number of aryl methyl sites for hydroxylation is 1. The topological polar surface area (TPSA) is 78.5 Å². The van der Waals surface area contributed by atoms with Crippen LogP contribution in [0.2, 0.25) is 0 Å². The number of halogens is 1. The monoisotopic (exact) mass is 554 g/mol. The molecule has 1 aliphatic rings. The summed E-state index contributed by atoms with van der Waals surface area (Å²) in [6, 6.07) is 12.9.